The average Bonchev–Trinajstić information content (AvgIpc) is 2.58. The number of carboxylic acid groups (broad SMARTS) is 2. The largest absolute Gasteiger partial charge is 0.494 e. The van der Waals surface area contributed by atoms with Crippen LogP contribution >= 0.6 is 0 Å². The summed E-state index contributed by atoms with van der Waals surface area (Å²) in [6, 6.07) is 13.4. The fourth-order valence-corrected chi connectivity index (χ4v) is 2.08. The van der Waals surface area contributed by atoms with Gasteiger partial charge in [-0.1, -0.05) is 18.2 Å². The van der Waals surface area contributed by atoms with E-state index in [2.05, 4.69) is 0 Å². The van der Waals surface area contributed by atoms with E-state index >= 15 is 0 Å². The Bertz CT molecular complexity index is 696. The van der Waals surface area contributed by atoms with E-state index in [1.54, 1.807) is 0 Å². The number of hydrogen-bond donors (Lipinski definition) is 2. The van der Waals surface area contributed by atoms with Crippen molar-refractivity contribution in [3.05, 3.63) is 59.7 Å². The van der Waals surface area contributed by atoms with Crippen LogP contribution in [0, 0.1) is 0 Å². The smallest absolute Gasteiger partial charge is 0.336 e. The number of unbranched alkanes of at least 4 members (excludes halogenated alkanes) is 1. The summed E-state index contributed by atoms with van der Waals surface area (Å²) in [5.74, 6) is -1.43. The maximum absolute atomic E-state index is 11.1. The first kappa shape index (κ1) is 17.3. The van der Waals surface area contributed by atoms with E-state index in [1.165, 1.54) is 18.2 Å². The van der Waals surface area contributed by atoms with Crippen LogP contribution in [0.4, 0.5) is 0 Å². The third kappa shape index (κ3) is 5.01. The Morgan fingerprint density at radius 1 is 0.750 bits per heavy atom. The van der Waals surface area contributed by atoms with Crippen molar-refractivity contribution >= 4 is 11.9 Å². The first-order valence-corrected chi connectivity index (χ1v) is 7.49. The molecule has 0 saturated heterocycles. The van der Waals surface area contributed by atoms with Crippen LogP contribution in [0.5, 0.6) is 11.5 Å². The highest BCUT2D eigenvalue weighted by Gasteiger charge is 2.16. The molecule has 0 aromatic heterocycles. The molecule has 0 amide bonds. The predicted molar refractivity (Wildman–Crippen MR) is 87.0 cm³/mol. The minimum atomic E-state index is -1.30. The summed E-state index contributed by atoms with van der Waals surface area (Å²) in [7, 11) is 0. The highest BCUT2D eigenvalue weighted by molar-refractivity contribution is 6.01. The van der Waals surface area contributed by atoms with Gasteiger partial charge in [0.05, 0.1) is 24.3 Å². The zero-order chi connectivity index (χ0) is 17.4. The van der Waals surface area contributed by atoms with Crippen LogP contribution in [0.3, 0.4) is 0 Å². The van der Waals surface area contributed by atoms with Crippen LogP contribution in [0.2, 0.25) is 0 Å². The lowest BCUT2D eigenvalue weighted by Gasteiger charge is -2.09. The van der Waals surface area contributed by atoms with E-state index < -0.39 is 11.9 Å². The lowest BCUT2D eigenvalue weighted by atomic mass is 10.1. The maximum atomic E-state index is 11.1. The van der Waals surface area contributed by atoms with Crippen LogP contribution in [-0.4, -0.2) is 35.4 Å². The summed E-state index contributed by atoms with van der Waals surface area (Å²) in [4.78, 5) is 22.1. The van der Waals surface area contributed by atoms with Gasteiger partial charge < -0.3 is 19.7 Å². The number of aromatic carboxylic acids is 2. The lowest BCUT2D eigenvalue weighted by molar-refractivity contribution is 0.0651. The summed E-state index contributed by atoms with van der Waals surface area (Å²) in [5.41, 5.74) is -0.543. The molecule has 0 bridgehead atoms. The van der Waals surface area contributed by atoms with Gasteiger partial charge in [-0.15, -0.1) is 0 Å². The van der Waals surface area contributed by atoms with Gasteiger partial charge in [-0.3, -0.25) is 0 Å². The van der Waals surface area contributed by atoms with Crippen LogP contribution in [0.25, 0.3) is 0 Å². The third-order valence-corrected chi connectivity index (χ3v) is 3.27. The Kier molecular flexibility index (Phi) is 6.19. The van der Waals surface area contributed by atoms with Crippen molar-refractivity contribution in [2.45, 2.75) is 12.8 Å². The van der Waals surface area contributed by atoms with E-state index in [1.807, 2.05) is 30.3 Å². The zero-order valence-corrected chi connectivity index (χ0v) is 13.0. The molecule has 0 radical (unpaired) electrons. The zero-order valence-electron chi connectivity index (χ0n) is 13.0. The number of ether oxygens (including phenoxy) is 2. The maximum Gasteiger partial charge on any atom is 0.336 e. The van der Waals surface area contributed by atoms with Crippen LogP contribution in [-0.2, 0) is 0 Å². The standard InChI is InChI=1S/C18H18O6/c19-17(20)15-9-8-14(12-16(15)18(21)22)24-11-5-4-10-23-13-6-2-1-3-7-13/h1-3,6-9,12H,4-5,10-11H2,(H,19,20)(H,21,22). The Hall–Kier alpha value is -3.02. The third-order valence-electron chi connectivity index (χ3n) is 3.27. The van der Waals surface area contributed by atoms with Crippen LogP contribution in [0.1, 0.15) is 33.6 Å². The highest BCUT2D eigenvalue weighted by atomic mass is 16.5. The monoisotopic (exact) mass is 330 g/mol. The second-order valence-corrected chi connectivity index (χ2v) is 5.03. The van der Waals surface area contributed by atoms with Gasteiger partial charge in [0.1, 0.15) is 11.5 Å². The van der Waals surface area contributed by atoms with E-state index in [4.69, 9.17) is 19.7 Å². The molecule has 24 heavy (non-hydrogen) atoms. The minimum absolute atomic E-state index is 0.258. The predicted octanol–water partition coefficient (Wildman–Crippen LogP) is 3.32. The molecule has 2 N–H and O–H groups in total. The van der Waals surface area contributed by atoms with Crippen molar-refractivity contribution in [1.29, 1.82) is 0 Å². The fourth-order valence-electron chi connectivity index (χ4n) is 2.08. The normalized spacial score (nSPS) is 10.2. The van der Waals surface area contributed by atoms with Crippen molar-refractivity contribution in [2.24, 2.45) is 0 Å². The molecular formula is C18H18O6. The Morgan fingerprint density at radius 3 is 1.92 bits per heavy atom. The average molecular weight is 330 g/mol. The topological polar surface area (TPSA) is 93.1 Å². The van der Waals surface area contributed by atoms with Crippen LogP contribution < -0.4 is 9.47 Å². The Labute approximate surface area is 139 Å². The quantitative estimate of drug-likeness (QED) is 0.685. The van der Waals surface area contributed by atoms with Crippen molar-refractivity contribution < 1.29 is 29.3 Å². The second kappa shape index (κ2) is 8.57. The molecule has 2 aromatic rings. The summed E-state index contributed by atoms with van der Waals surface area (Å²) in [5, 5.41) is 18.0. The van der Waals surface area contributed by atoms with Gasteiger partial charge in [0.25, 0.3) is 0 Å². The molecule has 0 aliphatic carbocycles. The van der Waals surface area contributed by atoms with Gasteiger partial charge >= 0.3 is 11.9 Å². The SMILES string of the molecule is O=C(O)c1ccc(OCCCCOc2ccccc2)cc1C(=O)O. The van der Waals surface area contributed by atoms with E-state index in [9.17, 15) is 9.59 Å². The molecule has 0 spiro atoms. The van der Waals surface area contributed by atoms with Gasteiger partial charge in [0, 0.05) is 0 Å². The first-order valence-electron chi connectivity index (χ1n) is 7.49. The molecule has 0 saturated carbocycles. The number of carboxylic acids is 2. The van der Waals surface area contributed by atoms with Crippen molar-refractivity contribution in [3.63, 3.8) is 0 Å². The highest BCUT2D eigenvalue weighted by Crippen LogP contribution is 2.19. The molecule has 6 nitrogen and oxygen atoms in total. The lowest BCUT2D eigenvalue weighted by Crippen LogP contribution is -2.09. The summed E-state index contributed by atoms with van der Waals surface area (Å²) >= 11 is 0. The minimum Gasteiger partial charge on any atom is -0.494 e. The Morgan fingerprint density at radius 2 is 1.33 bits per heavy atom. The molecule has 0 aliphatic rings. The summed E-state index contributed by atoms with van der Waals surface area (Å²) < 4.78 is 11.0. The molecule has 0 aliphatic heterocycles. The molecule has 126 valence electrons. The molecule has 6 heteroatoms. The number of hydrogen-bond acceptors (Lipinski definition) is 4. The molecular weight excluding hydrogens is 312 g/mol. The summed E-state index contributed by atoms with van der Waals surface area (Å²) in [6.07, 6.45) is 1.52. The van der Waals surface area contributed by atoms with E-state index in [0.717, 1.165) is 18.6 Å². The van der Waals surface area contributed by atoms with Gasteiger partial charge in [-0.25, -0.2) is 9.59 Å². The molecule has 0 heterocycles. The van der Waals surface area contributed by atoms with Crippen molar-refractivity contribution in [1.82, 2.24) is 0 Å². The van der Waals surface area contributed by atoms with Gasteiger partial charge in [-0.05, 0) is 43.2 Å². The molecule has 2 rings (SSSR count). The van der Waals surface area contributed by atoms with Crippen molar-refractivity contribution in [3.8, 4) is 11.5 Å². The Balaban J connectivity index is 1.77. The molecule has 2 aromatic carbocycles. The fraction of sp³-hybridized carbons (Fsp3) is 0.222. The van der Waals surface area contributed by atoms with Gasteiger partial charge in [0.15, 0.2) is 0 Å². The van der Waals surface area contributed by atoms with Crippen LogP contribution in [0.15, 0.2) is 48.5 Å². The number of rotatable bonds is 9. The number of para-hydroxylation sites is 1. The molecule has 0 atom stereocenters. The molecule has 0 unspecified atom stereocenters. The van der Waals surface area contributed by atoms with Gasteiger partial charge in [-0.2, -0.15) is 0 Å². The van der Waals surface area contributed by atoms with E-state index in [-0.39, 0.29) is 11.1 Å². The van der Waals surface area contributed by atoms with Gasteiger partial charge in [0.2, 0.25) is 0 Å². The first-order chi connectivity index (χ1) is 11.6. The van der Waals surface area contributed by atoms with Crippen molar-refractivity contribution in [2.75, 3.05) is 13.2 Å². The second-order valence-electron chi connectivity index (χ2n) is 5.03. The molecule has 0 fully saturated rings. The number of benzene rings is 2. The summed E-state index contributed by atoms with van der Waals surface area (Å²) in [6.45, 7) is 0.954. The number of carbonyl (C=O) groups is 2. The van der Waals surface area contributed by atoms with E-state index in [0.29, 0.717) is 19.0 Å².